The van der Waals surface area contributed by atoms with Crippen LogP contribution in [-0.2, 0) is 35.2 Å². The van der Waals surface area contributed by atoms with Crippen molar-refractivity contribution in [3.8, 4) is 5.75 Å². The van der Waals surface area contributed by atoms with E-state index in [4.69, 9.17) is 18.9 Å². The summed E-state index contributed by atoms with van der Waals surface area (Å²) in [6, 6.07) is 9.61. The van der Waals surface area contributed by atoms with Gasteiger partial charge in [-0.3, -0.25) is 24.5 Å². The molecule has 0 radical (unpaired) electrons. The number of hydrogen-bond acceptors (Lipinski definition) is 10. The van der Waals surface area contributed by atoms with Crippen molar-refractivity contribution in [2.45, 2.75) is 39.5 Å². The number of amides is 3. The Hall–Kier alpha value is -4.56. The normalized spacial score (nSPS) is 12.1. The number of benzene rings is 2. The van der Waals surface area contributed by atoms with Gasteiger partial charge in [-0.15, -0.1) is 0 Å². The van der Waals surface area contributed by atoms with Gasteiger partial charge >= 0.3 is 6.16 Å². The number of carbonyl (C=O) groups excluding carboxylic acids is 4. The molecule has 14 heteroatoms. The summed E-state index contributed by atoms with van der Waals surface area (Å²) in [5.74, 6) is -1.61. The second kappa shape index (κ2) is 16.5. The van der Waals surface area contributed by atoms with E-state index in [1.54, 1.807) is 38.1 Å². The molecule has 222 valence electrons. The molecule has 41 heavy (non-hydrogen) atoms. The molecule has 0 fully saturated rings. The minimum atomic E-state index is -0.990. The summed E-state index contributed by atoms with van der Waals surface area (Å²) in [6.07, 6.45) is -0.990. The van der Waals surface area contributed by atoms with Gasteiger partial charge < -0.3 is 34.9 Å². The van der Waals surface area contributed by atoms with Crippen molar-refractivity contribution in [2.75, 3.05) is 32.2 Å². The summed E-state index contributed by atoms with van der Waals surface area (Å²) >= 11 is 0. The van der Waals surface area contributed by atoms with Crippen molar-refractivity contribution in [1.29, 1.82) is 0 Å². The maximum absolute atomic E-state index is 12.7. The van der Waals surface area contributed by atoms with Crippen LogP contribution in [0.1, 0.15) is 26.3 Å². The van der Waals surface area contributed by atoms with Crippen LogP contribution in [0, 0.1) is 16.0 Å². The highest BCUT2D eigenvalue weighted by atomic mass is 16.7. The SMILES string of the molecule is COCCOCC(=O)N[C@H](C(=O)N[C@@H](C)C(=O)Nc1ccc(COC(=O)Oc2ccc([N+](=O)[O-])cc2)cc1)C(C)C. The lowest BCUT2D eigenvalue weighted by molar-refractivity contribution is -0.384. The summed E-state index contributed by atoms with van der Waals surface area (Å²) < 4.78 is 20.0. The first kappa shape index (κ1) is 32.7. The highest BCUT2D eigenvalue weighted by Crippen LogP contribution is 2.18. The molecule has 2 aromatic rings. The van der Waals surface area contributed by atoms with Crippen LogP contribution in [0.2, 0.25) is 0 Å². The van der Waals surface area contributed by atoms with Crippen molar-refractivity contribution >= 4 is 35.3 Å². The zero-order valence-electron chi connectivity index (χ0n) is 23.2. The van der Waals surface area contributed by atoms with Crippen molar-refractivity contribution < 1.29 is 43.0 Å². The van der Waals surface area contributed by atoms with Crippen LogP contribution in [0.15, 0.2) is 48.5 Å². The van der Waals surface area contributed by atoms with Crippen LogP contribution in [0.5, 0.6) is 5.75 Å². The zero-order valence-corrected chi connectivity index (χ0v) is 23.2. The van der Waals surface area contributed by atoms with Crippen molar-refractivity contribution in [3.63, 3.8) is 0 Å². The van der Waals surface area contributed by atoms with Gasteiger partial charge in [-0.05, 0) is 42.7 Å². The Morgan fingerprint density at radius 3 is 2.15 bits per heavy atom. The number of non-ortho nitro benzene ring substituents is 1. The molecule has 0 heterocycles. The van der Waals surface area contributed by atoms with Crippen LogP contribution in [-0.4, -0.2) is 67.8 Å². The fourth-order valence-corrected chi connectivity index (χ4v) is 3.26. The summed E-state index contributed by atoms with van der Waals surface area (Å²) in [4.78, 5) is 59.5. The van der Waals surface area contributed by atoms with Gasteiger partial charge in [0.25, 0.3) is 5.69 Å². The monoisotopic (exact) mass is 574 g/mol. The van der Waals surface area contributed by atoms with E-state index in [2.05, 4.69) is 16.0 Å². The third kappa shape index (κ3) is 11.6. The summed E-state index contributed by atoms with van der Waals surface area (Å²) in [5.41, 5.74) is 0.903. The molecule has 0 bridgehead atoms. The molecule has 2 aromatic carbocycles. The molecule has 2 rings (SSSR count). The van der Waals surface area contributed by atoms with E-state index in [0.29, 0.717) is 17.9 Å². The molecular weight excluding hydrogens is 540 g/mol. The van der Waals surface area contributed by atoms with E-state index in [9.17, 15) is 29.3 Å². The van der Waals surface area contributed by atoms with Gasteiger partial charge in [-0.25, -0.2) is 4.79 Å². The van der Waals surface area contributed by atoms with Crippen LogP contribution in [0.4, 0.5) is 16.2 Å². The molecule has 0 saturated carbocycles. The first-order valence-corrected chi connectivity index (χ1v) is 12.7. The smallest absolute Gasteiger partial charge is 0.429 e. The predicted molar refractivity (Wildman–Crippen MR) is 146 cm³/mol. The van der Waals surface area contributed by atoms with Crippen molar-refractivity contribution in [1.82, 2.24) is 10.6 Å². The Kier molecular flexibility index (Phi) is 13.2. The standard InChI is InChI=1S/C27H34N4O10/c1-17(2)24(30-23(32)16-39-14-13-38-4)26(34)28-18(3)25(33)29-20-7-5-19(6-8-20)15-40-27(35)41-22-11-9-21(10-12-22)31(36)37/h5-12,17-18,24H,13-16H2,1-4H3,(H,28,34)(H,29,33)(H,30,32)/t18-,24-/m0/s1. The summed E-state index contributed by atoms with van der Waals surface area (Å²) in [6.45, 7) is 5.28. The molecule has 3 amide bonds. The van der Waals surface area contributed by atoms with Gasteiger partial charge in [0.05, 0.1) is 18.1 Å². The van der Waals surface area contributed by atoms with E-state index in [1.165, 1.54) is 38.3 Å². The number of ether oxygens (including phenoxy) is 4. The Labute approximate surface area is 236 Å². The Morgan fingerprint density at radius 1 is 0.902 bits per heavy atom. The summed E-state index contributed by atoms with van der Waals surface area (Å²) in [7, 11) is 1.51. The van der Waals surface area contributed by atoms with Crippen molar-refractivity contribution in [2.24, 2.45) is 5.92 Å². The molecule has 0 aliphatic carbocycles. The van der Waals surface area contributed by atoms with E-state index >= 15 is 0 Å². The van der Waals surface area contributed by atoms with E-state index < -0.39 is 40.9 Å². The lowest BCUT2D eigenvalue weighted by Gasteiger charge is -2.23. The molecule has 0 saturated heterocycles. The largest absolute Gasteiger partial charge is 0.514 e. The first-order valence-electron chi connectivity index (χ1n) is 12.7. The lowest BCUT2D eigenvalue weighted by atomic mass is 10.0. The second-order valence-electron chi connectivity index (χ2n) is 9.14. The predicted octanol–water partition coefficient (Wildman–Crippen LogP) is 2.56. The number of carbonyl (C=O) groups is 4. The molecule has 3 N–H and O–H groups in total. The fourth-order valence-electron chi connectivity index (χ4n) is 3.26. The van der Waals surface area contributed by atoms with Gasteiger partial charge in [0.15, 0.2) is 0 Å². The van der Waals surface area contributed by atoms with E-state index in [0.717, 1.165) is 0 Å². The molecule has 14 nitrogen and oxygen atoms in total. The number of hydrogen-bond donors (Lipinski definition) is 3. The molecule has 0 aromatic heterocycles. The van der Waals surface area contributed by atoms with Gasteiger partial charge in [0.2, 0.25) is 17.7 Å². The fraction of sp³-hybridized carbons (Fsp3) is 0.407. The topological polar surface area (TPSA) is 184 Å². The van der Waals surface area contributed by atoms with Gasteiger partial charge in [0.1, 0.15) is 31.0 Å². The number of methoxy groups -OCH3 is 1. The quantitative estimate of drug-likeness (QED) is 0.0939. The van der Waals surface area contributed by atoms with Crippen LogP contribution >= 0.6 is 0 Å². The lowest BCUT2D eigenvalue weighted by Crippen LogP contribution is -2.54. The molecule has 0 spiro atoms. The molecule has 0 unspecified atom stereocenters. The van der Waals surface area contributed by atoms with Crippen molar-refractivity contribution in [3.05, 3.63) is 64.2 Å². The number of nitro groups is 1. The Bertz CT molecular complexity index is 1190. The van der Waals surface area contributed by atoms with E-state index in [-0.39, 0.29) is 37.2 Å². The number of rotatable bonds is 15. The maximum Gasteiger partial charge on any atom is 0.514 e. The van der Waals surface area contributed by atoms with Crippen LogP contribution < -0.4 is 20.7 Å². The minimum Gasteiger partial charge on any atom is -0.429 e. The molecular formula is C27H34N4O10. The third-order valence-electron chi connectivity index (χ3n) is 5.51. The van der Waals surface area contributed by atoms with Crippen LogP contribution in [0.25, 0.3) is 0 Å². The highest BCUT2D eigenvalue weighted by molar-refractivity contribution is 5.98. The Balaban J connectivity index is 1.80. The average Bonchev–Trinajstić information content (AvgIpc) is 2.93. The summed E-state index contributed by atoms with van der Waals surface area (Å²) in [5, 5.41) is 18.6. The highest BCUT2D eigenvalue weighted by Gasteiger charge is 2.27. The maximum atomic E-state index is 12.7. The number of anilines is 1. The molecule has 0 aliphatic heterocycles. The molecule has 2 atom stereocenters. The zero-order chi connectivity index (χ0) is 30.4. The van der Waals surface area contributed by atoms with Gasteiger partial charge in [-0.2, -0.15) is 0 Å². The Morgan fingerprint density at radius 2 is 1.56 bits per heavy atom. The van der Waals surface area contributed by atoms with Gasteiger partial charge in [-0.1, -0.05) is 26.0 Å². The number of nitrogens with zero attached hydrogens (tertiary/aromatic N) is 1. The first-order chi connectivity index (χ1) is 19.5. The third-order valence-corrected chi connectivity index (χ3v) is 5.51. The van der Waals surface area contributed by atoms with Crippen LogP contribution in [0.3, 0.4) is 0 Å². The number of nitrogens with one attached hydrogen (secondary N) is 3. The molecule has 0 aliphatic rings. The second-order valence-corrected chi connectivity index (χ2v) is 9.14. The van der Waals surface area contributed by atoms with E-state index in [1.807, 2.05) is 0 Å². The number of nitro benzene ring substituents is 1. The minimum absolute atomic E-state index is 0.0916. The van der Waals surface area contributed by atoms with Gasteiger partial charge in [0, 0.05) is 24.9 Å². The average molecular weight is 575 g/mol.